The predicted octanol–water partition coefficient (Wildman–Crippen LogP) is 5.33. The third kappa shape index (κ3) is 3.02. The summed E-state index contributed by atoms with van der Waals surface area (Å²) in [5.41, 5.74) is 2.64. The lowest BCUT2D eigenvalue weighted by atomic mass is 9.54. The first-order valence-corrected chi connectivity index (χ1v) is 10.7. The van der Waals surface area contributed by atoms with Crippen molar-refractivity contribution in [2.45, 2.75) is 31.6 Å². The van der Waals surface area contributed by atoms with Gasteiger partial charge in [-0.15, -0.1) is 0 Å². The van der Waals surface area contributed by atoms with E-state index in [0.29, 0.717) is 12.8 Å². The third-order valence-corrected chi connectivity index (χ3v) is 6.76. The van der Waals surface area contributed by atoms with Crippen molar-refractivity contribution in [3.8, 4) is 0 Å². The number of ketones is 1. The van der Waals surface area contributed by atoms with Crippen LogP contribution in [0, 0.1) is 5.41 Å². The van der Waals surface area contributed by atoms with Gasteiger partial charge in [-0.3, -0.25) is 9.59 Å². The number of carbonyl (C=O) groups excluding carboxylic acids is 2. The van der Waals surface area contributed by atoms with Crippen LogP contribution in [0.3, 0.4) is 0 Å². The molecule has 0 saturated heterocycles. The minimum atomic E-state index is -0.896. The summed E-state index contributed by atoms with van der Waals surface area (Å²) < 4.78 is 0. The van der Waals surface area contributed by atoms with E-state index in [4.69, 9.17) is 5.10 Å². The molecule has 3 aromatic rings. The molecule has 4 heteroatoms. The quantitative estimate of drug-likeness (QED) is 0.588. The molecule has 1 fully saturated rings. The maximum absolute atomic E-state index is 14.3. The molecule has 4 nitrogen and oxygen atoms in total. The number of hydrazone groups is 1. The minimum Gasteiger partial charge on any atom is -0.300 e. The van der Waals surface area contributed by atoms with E-state index < -0.39 is 5.41 Å². The Bertz CT molecular complexity index is 1090. The molecule has 1 spiro atoms. The molecule has 3 aromatic carbocycles. The summed E-state index contributed by atoms with van der Waals surface area (Å²) in [4.78, 5) is 27.2. The third-order valence-electron chi connectivity index (χ3n) is 6.76. The Morgan fingerprint density at radius 3 is 1.68 bits per heavy atom. The zero-order chi connectivity index (χ0) is 21.4. The van der Waals surface area contributed by atoms with Crippen molar-refractivity contribution in [3.05, 3.63) is 102 Å². The Morgan fingerprint density at radius 2 is 1.19 bits per heavy atom. The van der Waals surface area contributed by atoms with Gasteiger partial charge in [-0.25, -0.2) is 0 Å². The Kier molecular flexibility index (Phi) is 4.78. The fraction of sp³-hybridized carbons (Fsp3) is 0.222. The van der Waals surface area contributed by atoms with E-state index in [1.165, 1.54) is 5.01 Å². The lowest BCUT2D eigenvalue weighted by Crippen LogP contribution is -2.52. The molecule has 2 atom stereocenters. The van der Waals surface area contributed by atoms with Gasteiger partial charge < -0.3 is 0 Å². The van der Waals surface area contributed by atoms with Gasteiger partial charge in [-0.05, 0) is 30.2 Å². The van der Waals surface area contributed by atoms with Crippen molar-refractivity contribution in [2.75, 3.05) is 5.01 Å². The van der Waals surface area contributed by atoms with E-state index in [-0.39, 0.29) is 23.5 Å². The zero-order valence-corrected chi connectivity index (χ0v) is 17.4. The highest BCUT2D eigenvalue weighted by atomic mass is 16.2. The van der Waals surface area contributed by atoms with Crippen LogP contribution in [-0.4, -0.2) is 17.4 Å². The predicted molar refractivity (Wildman–Crippen MR) is 122 cm³/mol. The van der Waals surface area contributed by atoms with Crippen molar-refractivity contribution in [2.24, 2.45) is 10.5 Å². The minimum absolute atomic E-state index is 0.0496. The average Bonchev–Trinajstić information content (AvgIpc) is 3.08. The van der Waals surface area contributed by atoms with E-state index in [0.717, 1.165) is 22.5 Å². The number of rotatable bonds is 3. The fourth-order valence-electron chi connectivity index (χ4n) is 5.39. The van der Waals surface area contributed by atoms with Gasteiger partial charge in [-0.2, -0.15) is 10.1 Å². The van der Waals surface area contributed by atoms with Gasteiger partial charge in [0.15, 0.2) is 0 Å². The summed E-state index contributed by atoms with van der Waals surface area (Å²) in [6.45, 7) is 1.95. The molecule has 1 aliphatic carbocycles. The first-order valence-electron chi connectivity index (χ1n) is 10.7. The average molecular weight is 409 g/mol. The van der Waals surface area contributed by atoms with Crippen LogP contribution in [0.25, 0.3) is 0 Å². The van der Waals surface area contributed by atoms with Crippen molar-refractivity contribution >= 4 is 23.1 Å². The normalized spacial score (nSPS) is 22.6. The van der Waals surface area contributed by atoms with Crippen LogP contribution in [0.4, 0.5) is 5.69 Å². The Morgan fingerprint density at radius 1 is 0.742 bits per heavy atom. The second-order valence-electron chi connectivity index (χ2n) is 8.38. The van der Waals surface area contributed by atoms with E-state index in [1.54, 1.807) is 0 Å². The fourth-order valence-corrected chi connectivity index (χ4v) is 5.39. The van der Waals surface area contributed by atoms with Crippen molar-refractivity contribution in [3.63, 3.8) is 0 Å². The van der Waals surface area contributed by atoms with E-state index in [9.17, 15) is 9.59 Å². The molecule has 0 radical (unpaired) electrons. The highest BCUT2D eigenvalue weighted by Crippen LogP contribution is 2.58. The van der Waals surface area contributed by atoms with E-state index in [2.05, 4.69) is 0 Å². The number of benzene rings is 3. The van der Waals surface area contributed by atoms with Crippen LogP contribution < -0.4 is 5.01 Å². The molecule has 1 aliphatic heterocycles. The van der Waals surface area contributed by atoms with Crippen LogP contribution in [-0.2, 0) is 9.59 Å². The van der Waals surface area contributed by atoms with Gasteiger partial charge in [0.2, 0.25) is 0 Å². The summed E-state index contributed by atoms with van der Waals surface area (Å²) in [6, 6.07) is 29.5. The molecule has 0 aromatic heterocycles. The summed E-state index contributed by atoms with van der Waals surface area (Å²) >= 11 is 0. The molecule has 0 unspecified atom stereocenters. The van der Waals surface area contributed by atoms with E-state index >= 15 is 0 Å². The van der Waals surface area contributed by atoms with Crippen LogP contribution >= 0.6 is 0 Å². The monoisotopic (exact) mass is 408 g/mol. The Hall–Kier alpha value is -3.53. The van der Waals surface area contributed by atoms with Crippen molar-refractivity contribution in [1.29, 1.82) is 0 Å². The molecule has 1 heterocycles. The van der Waals surface area contributed by atoms with Crippen molar-refractivity contribution in [1.82, 2.24) is 0 Å². The van der Waals surface area contributed by atoms with E-state index in [1.807, 2.05) is 97.9 Å². The topological polar surface area (TPSA) is 49.7 Å². The van der Waals surface area contributed by atoms with Crippen LogP contribution in [0.1, 0.15) is 42.7 Å². The van der Waals surface area contributed by atoms with Crippen LogP contribution in [0.15, 0.2) is 96.1 Å². The van der Waals surface area contributed by atoms with Gasteiger partial charge in [0.1, 0.15) is 11.2 Å². The molecule has 0 N–H and O–H groups in total. The summed E-state index contributed by atoms with van der Waals surface area (Å²) in [5, 5.41) is 6.32. The highest BCUT2D eigenvalue weighted by molar-refractivity contribution is 6.21. The van der Waals surface area contributed by atoms with Crippen LogP contribution in [0.5, 0.6) is 0 Å². The smallest absolute Gasteiger partial charge is 0.260 e. The lowest BCUT2D eigenvalue weighted by Gasteiger charge is -2.45. The first-order chi connectivity index (χ1) is 15.1. The maximum atomic E-state index is 14.3. The Balaban J connectivity index is 1.72. The lowest BCUT2D eigenvalue weighted by molar-refractivity contribution is -0.131. The second-order valence-corrected chi connectivity index (χ2v) is 8.38. The molecule has 0 bridgehead atoms. The van der Waals surface area contributed by atoms with Gasteiger partial charge >= 0.3 is 0 Å². The van der Waals surface area contributed by atoms with Gasteiger partial charge in [0.05, 0.1) is 11.4 Å². The van der Waals surface area contributed by atoms with Gasteiger partial charge in [0, 0.05) is 24.7 Å². The number of hydrogen-bond donors (Lipinski definition) is 0. The SMILES string of the molecule is CC1=NN(c2ccccc2)C(=O)C12[C@H](c1ccccc1)CC(=O)C[C@H]2c1ccccc1. The number of anilines is 1. The summed E-state index contributed by atoms with van der Waals surface area (Å²) in [5.74, 6) is -0.381. The number of amides is 1. The zero-order valence-electron chi connectivity index (χ0n) is 17.4. The number of carbonyl (C=O) groups is 2. The molecule has 1 saturated carbocycles. The van der Waals surface area contributed by atoms with Crippen molar-refractivity contribution < 1.29 is 9.59 Å². The maximum Gasteiger partial charge on any atom is 0.260 e. The second kappa shape index (κ2) is 7.62. The highest BCUT2D eigenvalue weighted by Gasteiger charge is 2.62. The molecule has 2 aliphatic rings. The number of Topliss-reactive ketones (excluding diaryl/α,β-unsaturated/α-hetero) is 1. The molecule has 31 heavy (non-hydrogen) atoms. The number of nitrogens with zero attached hydrogens (tertiary/aromatic N) is 2. The number of para-hydroxylation sites is 1. The molecular formula is C27H24N2O2. The van der Waals surface area contributed by atoms with Gasteiger partial charge in [0.25, 0.3) is 5.91 Å². The van der Waals surface area contributed by atoms with Gasteiger partial charge in [-0.1, -0.05) is 78.9 Å². The molecule has 5 rings (SSSR count). The molecular weight excluding hydrogens is 384 g/mol. The largest absolute Gasteiger partial charge is 0.300 e. The van der Waals surface area contributed by atoms with Crippen LogP contribution in [0.2, 0.25) is 0 Å². The standard InChI is InChI=1S/C27H24N2O2/c1-19-27(26(31)29(28-19)22-15-9-4-10-16-22)24(20-11-5-2-6-12-20)17-23(30)18-25(27)21-13-7-3-8-14-21/h2-16,24-25H,17-18H2,1H3/t24-,25-/m0/s1. The molecule has 1 amide bonds. The first kappa shape index (κ1) is 19.4. The summed E-state index contributed by atoms with van der Waals surface area (Å²) in [7, 11) is 0. The summed E-state index contributed by atoms with van der Waals surface area (Å²) in [6.07, 6.45) is 0.684. The molecule has 154 valence electrons. The number of hydrogen-bond acceptors (Lipinski definition) is 3. The Labute approximate surface area is 182 Å².